The Kier molecular flexibility index (Phi) is 5.03. The number of aromatic amines is 1. The minimum absolute atomic E-state index is 0.104. The Morgan fingerprint density at radius 2 is 2.08 bits per heavy atom. The molecule has 0 unspecified atom stereocenters. The quantitative estimate of drug-likeness (QED) is 0.747. The van der Waals surface area contributed by atoms with Crippen LogP contribution in [0.3, 0.4) is 0 Å². The largest absolute Gasteiger partial charge is 0.452 e. The molecule has 25 heavy (non-hydrogen) atoms. The fourth-order valence-electron chi connectivity index (χ4n) is 2.40. The van der Waals surface area contributed by atoms with Gasteiger partial charge < -0.3 is 15.0 Å². The van der Waals surface area contributed by atoms with Crippen molar-refractivity contribution in [2.24, 2.45) is 0 Å². The van der Waals surface area contributed by atoms with Crippen molar-refractivity contribution < 1.29 is 23.9 Å². The van der Waals surface area contributed by atoms with Gasteiger partial charge in [-0.3, -0.25) is 19.3 Å². The van der Waals surface area contributed by atoms with E-state index in [2.05, 4.69) is 10.3 Å². The van der Waals surface area contributed by atoms with E-state index < -0.39 is 18.5 Å². The molecule has 0 spiro atoms. The van der Waals surface area contributed by atoms with Crippen molar-refractivity contribution in [3.05, 3.63) is 36.0 Å². The maximum absolute atomic E-state index is 12.1. The number of thioether (sulfide) groups is 1. The zero-order valence-corrected chi connectivity index (χ0v) is 13.9. The highest BCUT2D eigenvalue weighted by Crippen LogP contribution is 2.19. The van der Waals surface area contributed by atoms with E-state index in [1.807, 2.05) is 12.1 Å². The molecule has 2 N–H and O–H groups in total. The minimum atomic E-state index is -0.603. The second-order valence-corrected chi connectivity index (χ2v) is 6.20. The summed E-state index contributed by atoms with van der Waals surface area (Å²) < 4.78 is 5.00. The van der Waals surface area contributed by atoms with Crippen LogP contribution < -0.4 is 5.32 Å². The molecular formula is C16H15N3O5S. The molecule has 1 aromatic carbocycles. The molecule has 1 aliphatic rings. The van der Waals surface area contributed by atoms with Crippen molar-refractivity contribution in [1.29, 1.82) is 0 Å². The van der Waals surface area contributed by atoms with Crippen molar-refractivity contribution in [3.8, 4) is 0 Å². The van der Waals surface area contributed by atoms with E-state index in [0.29, 0.717) is 5.56 Å². The van der Waals surface area contributed by atoms with Gasteiger partial charge in [0.2, 0.25) is 5.91 Å². The molecule has 1 aliphatic heterocycles. The SMILES string of the molecule is O=C(COC(=O)c1c[nH]c2ccccc12)NCCN1C(=O)CSC1=O. The predicted octanol–water partition coefficient (Wildman–Crippen LogP) is 1.14. The van der Waals surface area contributed by atoms with Gasteiger partial charge >= 0.3 is 5.97 Å². The summed E-state index contributed by atoms with van der Waals surface area (Å²) in [4.78, 5) is 50.7. The minimum Gasteiger partial charge on any atom is -0.452 e. The van der Waals surface area contributed by atoms with E-state index in [1.165, 1.54) is 6.20 Å². The lowest BCUT2D eigenvalue weighted by molar-refractivity contribution is -0.126. The van der Waals surface area contributed by atoms with Crippen LogP contribution >= 0.6 is 11.8 Å². The van der Waals surface area contributed by atoms with Crippen LogP contribution in [0.2, 0.25) is 0 Å². The maximum Gasteiger partial charge on any atom is 0.340 e. The van der Waals surface area contributed by atoms with Crippen molar-refractivity contribution >= 4 is 45.7 Å². The summed E-state index contributed by atoms with van der Waals surface area (Å²) in [5, 5.41) is 2.91. The first-order valence-corrected chi connectivity index (χ1v) is 8.52. The summed E-state index contributed by atoms with van der Waals surface area (Å²) in [6.07, 6.45) is 1.53. The number of aromatic nitrogens is 1. The third-order valence-corrected chi connectivity index (χ3v) is 4.50. The molecule has 1 fully saturated rings. The number of rotatable bonds is 6. The molecule has 3 rings (SSSR count). The van der Waals surface area contributed by atoms with Gasteiger partial charge in [0.25, 0.3) is 11.1 Å². The molecule has 3 amide bonds. The number of ether oxygens (including phenoxy) is 1. The number of hydrogen-bond acceptors (Lipinski definition) is 6. The zero-order valence-electron chi connectivity index (χ0n) is 13.1. The normalized spacial score (nSPS) is 14.2. The number of carbonyl (C=O) groups is 4. The molecule has 0 aliphatic carbocycles. The number of hydrogen-bond donors (Lipinski definition) is 2. The molecule has 2 aromatic rings. The summed E-state index contributed by atoms with van der Waals surface area (Å²) in [5.41, 5.74) is 1.16. The highest BCUT2D eigenvalue weighted by molar-refractivity contribution is 8.14. The molecule has 9 heteroatoms. The molecule has 0 saturated carbocycles. The highest BCUT2D eigenvalue weighted by Gasteiger charge is 2.29. The molecule has 2 heterocycles. The topological polar surface area (TPSA) is 109 Å². The summed E-state index contributed by atoms with van der Waals surface area (Å²) in [6, 6.07) is 7.26. The summed E-state index contributed by atoms with van der Waals surface area (Å²) in [5.74, 6) is -1.24. The van der Waals surface area contributed by atoms with Gasteiger partial charge in [-0.2, -0.15) is 0 Å². The first kappa shape index (κ1) is 17.0. The molecule has 130 valence electrons. The van der Waals surface area contributed by atoms with E-state index in [4.69, 9.17) is 4.74 Å². The van der Waals surface area contributed by atoms with Gasteiger partial charge in [-0.1, -0.05) is 30.0 Å². The van der Waals surface area contributed by atoms with Crippen LogP contribution in [-0.2, 0) is 14.3 Å². The van der Waals surface area contributed by atoms with Crippen molar-refractivity contribution in [3.63, 3.8) is 0 Å². The van der Waals surface area contributed by atoms with Gasteiger partial charge in [0.15, 0.2) is 6.61 Å². The van der Waals surface area contributed by atoms with E-state index in [-0.39, 0.29) is 30.0 Å². The summed E-state index contributed by atoms with van der Waals surface area (Å²) in [6.45, 7) is -0.219. The Labute approximate surface area is 146 Å². The molecule has 8 nitrogen and oxygen atoms in total. The van der Waals surface area contributed by atoms with Crippen LogP contribution in [0.15, 0.2) is 30.5 Å². The van der Waals surface area contributed by atoms with Crippen LogP contribution in [0.5, 0.6) is 0 Å². The molecule has 1 aromatic heterocycles. The lowest BCUT2D eigenvalue weighted by Crippen LogP contribution is -2.38. The van der Waals surface area contributed by atoms with Crippen LogP contribution in [0.4, 0.5) is 4.79 Å². The van der Waals surface area contributed by atoms with Crippen LogP contribution in [-0.4, -0.2) is 58.4 Å². The van der Waals surface area contributed by atoms with Gasteiger partial charge in [-0.25, -0.2) is 4.79 Å². The average molecular weight is 361 g/mol. The van der Waals surface area contributed by atoms with Crippen molar-refractivity contribution in [1.82, 2.24) is 15.2 Å². The third-order valence-electron chi connectivity index (χ3n) is 3.64. The smallest absolute Gasteiger partial charge is 0.340 e. The molecular weight excluding hydrogens is 346 g/mol. The molecule has 0 atom stereocenters. The Bertz CT molecular complexity index is 831. The lowest BCUT2D eigenvalue weighted by atomic mass is 10.2. The standard InChI is InChI=1S/C16H15N3O5S/c20-13(17-5-6-19-14(21)9-25-16(19)23)8-24-15(22)11-7-18-12-4-2-1-3-10(11)12/h1-4,7,18H,5-6,8-9H2,(H,17,20). The number of amides is 3. The van der Waals surface area contributed by atoms with Gasteiger partial charge in [0.05, 0.1) is 11.3 Å². The number of nitrogens with one attached hydrogen (secondary N) is 2. The maximum atomic E-state index is 12.1. The first-order valence-electron chi connectivity index (χ1n) is 7.53. The van der Waals surface area contributed by atoms with E-state index in [9.17, 15) is 19.2 Å². The third kappa shape index (κ3) is 3.82. The van der Waals surface area contributed by atoms with Crippen LogP contribution in [0, 0.1) is 0 Å². The Morgan fingerprint density at radius 3 is 2.84 bits per heavy atom. The van der Waals surface area contributed by atoms with Gasteiger partial charge in [-0.05, 0) is 6.07 Å². The fourth-order valence-corrected chi connectivity index (χ4v) is 3.16. The number of esters is 1. The Balaban J connectivity index is 1.45. The van der Waals surface area contributed by atoms with Crippen LogP contribution in [0.25, 0.3) is 10.9 Å². The van der Waals surface area contributed by atoms with Gasteiger partial charge in [0, 0.05) is 30.2 Å². The first-order chi connectivity index (χ1) is 12.1. The number of imide groups is 1. The van der Waals surface area contributed by atoms with E-state index >= 15 is 0 Å². The lowest BCUT2D eigenvalue weighted by Gasteiger charge is -2.13. The number of H-pyrrole nitrogens is 1. The van der Waals surface area contributed by atoms with Gasteiger partial charge in [0.1, 0.15) is 0 Å². The number of fused-ring (bicyclic) bond motifs is 1. The average Bonchev–Trinajstić information content (AvgIpc) is 3.18. The summed E-state index contributed by atoms with van der Waals surface area (Å²) in [7, 11) is 0. The molecule has 1 saturated heterocycles. The number of carbonyl (C=O) groups excluding carboxylic acids is 4. The Hall–Kier alpha value is -2.81. The van der Waals surface area contributed by atoms with E-state index in [1.54, 1.807) is 12.1 Å². The monoisotopic (exact) mass is 361 g/mol. The highest BCUT2D eigenvalue weighted by atomic mass is 32.2. The van der Waals surface area contributed by atoms with Gasteiger partial charge in [-0.15, -0.1) is 0 Å². The zero-order chi connectivity index (χ0) is 17.8. The number of nitrogens with zero attached hydrogens (tertiary/aromatic N) is 1. The van der Waals surface area contributed by atoms with Crippen molar-refractivity contribution in [2.75, 3.05) is 25.4 Å². The second kappa shape index (κ2) is 7.39. The number of benzene rings is 1. The van der Waals surface area contributed by atoms with E-state index in [0.717, 1.165) is 27.6 Å². The molecule has 0 radical (unpaired) electrons. The summed E-state index contributed by atoms with van der Waals surface area (Å²) >= 11 is 0.938. The second-order valence-electron chi connectivity index (χ2n) is 5.27. The number of para-hydroxylation sites is 1. The van der Waals surface area contributed by atoms with Crippen LogP contribution in [0.1, 0.15) is 10.4 Å². The molecule has 0 bridgehead atoms. The Morgan fingerprint density at radius 1 is 1.28 bits per heavy atom. The fraction of sp³-hybridized carbons (Fsp3) is 0.250. The van der Waals surface area contributed by atoms with Crippen molar-refractivity contribution in [2.45, 2.75) is 0 Å². The predicted molar refractivity (Wildman–Crippen MR) is 91.2 cm³/mol.